The van der Waals surface area contributed by atoms with Crippen molar-refractivity contribution < 1.29 is 14.3 Å². The number of likely N-dealkylation sites (tertiary alicyclic amines) is 2. The largest absolute Gasteiger partial charge is 0.372 e. The number of carbonyl (C=O) groups excluding carboxylic acids is 2. The molecule has 2 aliphatic rings. The lowest BCUT2D eigenvalue weighted by molar-refractivity contribution is -0.141. The van der Waals surface area contributed by atoms with Gasteiger partial charge in [-0.1, -0.05) is 29.8 Å². The Labute approximate surface area is 183 Å². The van der Waals surface area contributed by atoms with Crippen LogP contribution < -0.4 is 0 Å². The van der Waals surface area contributed by atoms with E-state index in [0.717, 1.165) is 11.4 Å². The molecule has 8 heteroatoms. The average Bonchev–Trinajstić information content (AvgIpc) is 3.38. The summed E-state index contributed by atoms with van der Waals surface area (Å²) in [6.45, 7) is 7.84. The highest BCUT2D eigenvalue weighted by molar-refractivity contribution is 5.80. The molecule has 2 atom stereocenters. The molecule has 1 aromatic carbocycles. The van der Waals surface area contributed by atoms with E-state index >= 15 is 0 Å². The monoisotopic (exact) mass is 425 g/mol. The van der Waals surface area contributed by atoms with E-state index in [-0.39, 0.29) is 29.9 Å². The fourth-order valence-corrected chi connectivity index (χ4v) is 4.61. The van der Waals surface area contributed by atoms with Crippen molar-refractivity contribution in [2.24, 2.45) is 5.92 Å². The van der Waals surface area contributed by atoms with Crippen LogP contribution in [0.5, 0.6) is 0 Å². The first-order valence-corrected chi connectivity index (χ1v) is 11.0. The second-order valence-electron chi connectivity index (χ2n) is 8.72. The van der Waals surface area contributed by atoms with Crippen LogP contribution in [0.4, 0.5) is 0 Å². The van der Waals surface area contributed by atoms with E-state index in [2.05, 4.69) is 40.3 Å². The molecule has 2 fully saturated rings. The predicted molar refractivity (Wildman–Crippen MR) is 115 cm³/mol. The number of H-pyrrole nitrogens is 1. The summed E-state index contributed by atoms with van der Waals surface area (Å²) in [5.74, 6) is 1.51. The van der Waals surface area contributed by atoms with Gasteiger partial charge in [0.15, 0.2) is 5.82 Å². The maximum Gasteiger partial charge on any atom is 0.226 e. The Morgan fingerprint density at radius 3 is 2.65 bits per heavy atom. The molecule has 3 heterocycles. The molecule has 8 nitrogen and oxygen atoms in total. The quantitative estimate of drug-likeness (QED) is 0.795. The highest BCUT2D eigenvalue weighted by Crippen LogP contribution is 2.35. The lowest BCUT2D eigenvalue weighted by Gasteiger charge is -2.34. The first kappa shape index (κ1) is 21.5. The van der Waals surface area contributed by atoms with Crippen molar-refractivity contribution in [1.82, 2.24) is 25.0 Å². The summed E-state index contributed by atoms with van der Waals surface area (Å²) < 4.78 is 6.21. The number of aryl methyl sites for hydroxylation is 2. The molecule has 0 spiro atoms. The zero-order valence-corrected chi connectivity index (χ0v) is 18.5. The van der Waals surface area contributed by atoms with E-state index in [9.17, 15) is 9.59 Å². The van der Waals surface area contributed by atoms with E-state index in [1.165, 1.54) is 5.56 Å². The second-order valence-corrected chi connectivity index (χ2v) is 8.72. The van der Waals surface area contributed by atoms with E-state index in [1.807, 2.05) is 22.8 Å². The molecule has 0 unspecified atom stereocenters. The molecule has 2 saturated heterocycles. The number of nitrogens with one attached hydrogen (secondary N) is 1. The van der Waals surface area contributed by atoms with Gasteiger partial charge in [-0.2, -0.15) is 5.10 Å². The summed E-state index contributed by atoms with van der Waals surface area (Å²) in [5.41, 5.74) is 2.34. The number of piperidine rings is 1. The first-order chi connectivity index (χ1) is 14.9. The van der Waals surface area contributed by atoms with Gasteiger partial charge in [0, 0.05) is 38.9 Å². The number of hydrogen-bond acceptors (Lipinski definition) is 5. The van der Waals surface area contributed by atoms with E-state index in [4.69, 9.17) is 4.74 Å². The number of hydrogen-bond donors (Lipinski definition) is 1. The number of benzene rings is 1. The molecule has 2 aromatic rings. The zero-order valence-electron chi connectivity index (χ0n) is 18.5. The minimum absolute atomic E-state index is 0.0643. The van der Waals surface area contributed by atoms with Crippen molar-refractivity contribution in [1.29, 1.82) is 0 Å². The van der Waals surface area contributed by atoms with Crippen molar-refractivity contribution in [2.45, 2.75) is 58.8 Å². The van der Waals surface area contributed by atoms with Crippen LogP contribution in [0, 0.1) is 19.8 Å². The molecule has 2 amide bonds. The van der Waals surface area contributed by atoms with Gasteiger partial charge < -0.3 is 14.5 Å². The van der Waals surface area contributed by atoms with E-state index < -0.39 is 0 Å². The zero-order chi connectivity index (χ0) is 22.0. The van der Waals surface area contributed by atoms with Crippen LogP contribution in [-0.2, 0) is 20.9 Å². The molecule has 2 aliphatic heterocycles. The standard InChI is InChI=1S/C23H31N5O3/c1-15-5-4-6-18(11-15)14-31-20-12-21(22-24-16(2)25-26-22)28(13-20)23(30)19-7-9-27(10-8-19)17(3)29/h4-6,11,19-21H,7-10,12-14H2,1-3H3,(H,24,25,26)/t20-,21-/m0/s1. The second kappa shape index (κ2) is 9.18. The number of ether oxygens (including phenoxy) is 1. The van der Waals surface area contributed by atoms with Crippen molar-refractivity contribution in [3.63, 3.8) is 0 Å². The Kier molecular flexibility index (Phi) is 6.36. The Balaban J connectivity index is 1.44. The highest BCUT2D eigenvalue weighted by Gasteiger charge is 2.41. The number of aromatic amines is 1. The van der Waals surface area contributed by atoms with Crippen LogP contribution in [0.3, 0.4) is 0 Å². The molecule has 0 aliphatic carbocycles. The molecule has 0 saturated carbocycles. The first-order valence-electron chi connectivity index (χ1n) is 11.0. The van der Waals surface area contributed by atoms with Gasteiger partial charge in [-0.15, -0.1) is 0 Å². The van der Waals surface area contributed by atoms with Crippen LogP contribution in [0.25, 0.3) is 0 Å². The van der Waals surface area contributed by atoms with Gasteiger partial charge in [0.25, 0.3) is 0 Å². The van der Waals surface area contributed by atoms with Crippen LogP contribution >= 0.6 is 0 Å². The molecular weight excluding hydrogens is 394 g/mol. The average molecular weight is 426 g/mol. The van der Waals surface area contributed by atoms with Crippen molar-refractivity contribution >= 4 is 11.8 Å². The maximum atomic E-state index is 13.4. The molecule has 31 heavy (non-hydrogen) atoms. The highest BCUT2D eigenvalue weighted by atomic mass is 16.5. The van der Waals surface area contributed by atoms with Gasteiger partial charge in [0.1, 0.15) is 5.82 Å². The molecular formula is C23H31N5O3. The number of amides is 2. The SMILES string of the molecule is CC(=O)N1CCC(C(=O)N2C[C@@H](OCc3cccc(C)c3)C[C@H]2c2n[nH]c(C)n2)CC1. The fraction of sp³-hybridized carbons (Fsp3) is 0.565. The summed E-state index contributed by atoms with van der Waals surface area (Å²) >= 11 is 0. The molecule has 4 rings (SSSR count). The fourth-order valence-electron chi connectivity index (χ4n) is 4.61. The van der Waals surface area contributed by atoms with Gasteiger partial charge in [-0.25, -0.2) is 4.98 Å². The minimum Gasteiger partial charge on any atom is -0.372 e. The number of aromatic nitrogens is 3. The summed E-state index contributed by atoms with van der Waals surface area (Å²) in [6, 6.07) is 8.09. The summed E-state index contributed by atoms with van der Waals surface area (Å²) in [6.07, 6.45) is 2.01. The normalized spacial score (nSPS) is 22.2. The van der Waals surface area contributed by atoms with Crippen LogP contribution in [0.2, 0.25) is 0 Å². The van der Waals surface area contributed by atoms with E-state index in [1.54, 1.807) is 6.92 Å². The Bertz CT molecular complexity index is 935. The lowest BCUT2D eigenvalue weighted by Crippen LogP contribution is -2.44. The van der Waals surface area contributed by atoms with Gasteiger partial charge in [0.05, 0.1) is 18.8 Å². The van der Waals surface area contributed by atoms with E-state index in [0.29, 0.717) is 51.3 Å². The van der Waals surface area contributed by atoms with Crippen LogP contribution in [-0.4, -0.2) is 62.5 Å². The molecule has 1 N–H and O–H groups in total. The molecule has 1 aromatic heterocycles. The summed E-state index contributed by atoms with van der Waals surface area (Å²) in [4.78, 5) is 33.3. The van der Waals surface area contributed by atoms with Crippen molar-refractivity contribution in [2.75, 3.05) is 19.6 Å². The molecule has 0 radical (unpaired) electrons. The van der Waals surface area contributed by atoms with Crippen molar-refractivity contribution in [3.8, 4) is 0 Å². The van der Waals surface area contributed by atoms with Gasteiger partial charge in [-0.05, 0) is 32.3 Å². The van der Waals surface area contributed by atoms with Gasteiger partial charge in [-0.3, -0.25) is 14.7 Å². The number of nitrogens with zero attached hydrogens (tertiary/aromatic N) is 4. The summed E-state index contributed by atoms with van der Waals surface area (Å²) in [5, 5.41) is 7.23. The smallest absolute Gasteiger partial charge is 0.226 e. The third kappa shape index (κ3) is 4.95. The number of carbonyl (C=O) groups is 2. The third-order valence-corrected chi connectivity index (χ3v) is 6.32. The van der Waals surface area contributed by atoms with Crippen molar-refractivity contribution in [3.05, 3.63) is 47.0 Å². The topological polar surface area (TPSA) is 91.4 Å². The minimum atomic E-state index is -0.189. The lowest BCUT2D eigenvalue weighted by atomic mass is 9.95. The molecule has 0 bridgehead atoms. The molecule has 166 valence electrons. The van der Waals surface area contributed by atoms with Crippen LogP contribution in [0.15, 0.2) is 24.3 Å². The van der Waals surface area contributed by atoms with Crippen LogP contribution in [0.1, 0.15) is 55.0 Å². The Morgan fingerprint density at radius 1 is 1.23 bits per heavy atom. The van der Waals surface area contributed by atoms with Gasteiger partial charge in [0.2, 0.25) is 11.8 Å². The van der Waals surface area contributed by atoms with Gasteiger partial charge >= 0.3 is 0 Å². The third-order valence-electron chi connectivity index (χ3n) is 6.32. The Morgan fingerprint density at radius 2 is 2.00 bits per heavy atom. The Hall–Kier alpha value is -2.74. The summed E-state index contributed by atoms with van der Waals surface area (Å²) in [7, 11) is 0. The predicted octanol–water partition coefficient (Wildman–Crippen LogP) is 2.54. The number of rotatable bonds is 5. The maximum absolute atomic E-state index is 13.4.